The van der Waals surface area contributed by atoms with Gasteiger partial charge in [0.1, 0.15) is 22.9 Å². The van der Waals surface area contributed by atoms with E-state index in [1.165, 1.54) is 63.6 Å². The minimum Gasteiger partial charge on any atom is -0.444 e. The fourth-order valence-corrected chi connectivity index (χ4v) is 12.8. The van der Waals surface area contributed by atoms with Gasteiger partial charge in [-0.25, -0.2) is 19.6 Å². The van der Waals surface area contributed by atoms with Crippen molar-refractivity contribution in [2.24, 2.45) is 9.98 Å². The van der Waals surface area contributed by atoms with Crippen LogP contribution in [0.4, 0.5) is 21.0 Å². The molecule has 0 radical (unpaired) electrons. The molecule has 4 fully saturated rings. The van der Waals surface area contributed by atoms with E-state index in [2.05, 4.69) is 140 Å². The third-order valence-electron chi connectivity index (χ3n) is 16.9. The van der Waals surface area contributed by atoms with Gasteiger partial charge in [-0.3, -0.25) is 19.8 Å². The SMILES string of the molecule is CC(C)(C)OC(=O)N1CCC[C@H]1C1=Nc2ccc(-c3ccc4cc(-c5cnc([C@@H]6CCCN6C(=O)OC(C)(C)C)[nH]5)ccc4c3)cc2C1.Cl.S.S.S.S.c1cc2c(cc1-c1ccc3cc(-c4cnc([C@@H]5CCCN5)[nH]4)ccc3c1)CC([C@@H]1CCCN1)=N2. The van der Waals surface area contributed by atoms with Crippen LogP contribution in [0.3, 0.4) is 0 Å². The molecule has 8 heterocycles. The van der Waals surface area contributed by atoms with Crippen LogP contribution in [0.5, 0.6) is 0 Å². The van der Waals surface area contributed by atoms with Crippen molar-refractivity contribution in [3.63, 3.8) is 0 Å². The molecule has 19 heteroatoms. The highest BCUT2D eigenvalue weighted by molar-refractivity contribution is 7.59. The van der Waals surface area contributed by atoms with Crippen molar-refractivity contribution in [1.82, 2.24) is 40.4 Å². The van der Waals surface area contributed by atoms with Crippen molar-refractivity contribution in [2.75, 3.05) is 26.2 Å². The lowest BCUT2D eigenvalue weighted by Gasteiger charge is -2.28. The monoisotopic (exact) mass is 1270 g/mol. The molecule has 4 saturated heterocycles. The molecule has 0 saturated carbocycles. The summed E-state index contributed by atoms with van der Waals surface area (Å²) < 4.78 is 11.3. The lowest BCUT2D eigenvalue weighted by molar-refractivity contribution is 0.0216. The zero-order valence-electron chi connectivity index (χ0n) is 50.5. The third-order valence-corrected chi connectivity index (χ3v) is 16.9. The molecule has 0 aliphatic carbocycles. The van der Waals surface area contributed by atoms with Gasteiger partial charge >= 0.3 is 12.2 Å². The number of imidazole rings is 2. The Morgan fingerprint density at radius 2 is 0.874 bits per heavy atom. The molecular formula is C68H83ClN10O4S4. The summed E-state index contributed by atoms with van der Waals surface area (Å²) >= 11 is 0. The van der Waals surface area contributed by atoms with Crippen LogP contribution in [0, 0.1) is 0 Å². The van der Waals surface area contributed by atoms with Gasteiger partial charge in [0.15, 0.2) is 0 Å². The number of carbonyl (C=O) groups excluding carboxylic acids is 2. The summed E-state index contributed by atoms with van der Waals surface area (Å²) in [5, 5.41) is 11.9. The fourth-order valence-electron chi connectivity index (χ4n) is 12.8. The van der Waals surface area contributed by atoms with Crippen LogP contribution in [-0.2, 0) is 22.3 Å². The van der Waals surface area contributed by atoms with Gasteiger partial charge in [-0.2, -0.15) is 54.0 Å². The van der Waals surface area contributed by atoms with E-state index in [-0.39, 0.29) is 90.7 Å². The van der Waals surface area contributed by atoms with Crippen molar-refractivity contribution in [2.45, 2.75) is 141 Å². The van der Waals surface area contributed by atoms with Crippen LogP contribution in [-0.4, -0.2) is 103 Å². The number of rotatable bonds is 8. The van der Waals surface area contributed by atoms with E-state index < -0.39 is 11.2 Å². The Balaban J connectivity index is 0.000000223. The molecule has 14 nitrogen and oxygen atoms in total. The molecule has 8 aromatic rings. The Morgan fingerprint density at radius 1 is 0.471 bits per heavy atom. The van der Waals surface area contributed by atoms with Crippen LogP contribution >= 0.6 is 66.4 Å². The number of amides is 2. The molecule has 0 spiro atoms. The number of aromatic amines is 2. The van der Waals surface area contributed by atoms with Crippen molar-refractivity contribution < 1.29 is 19.1 Å². The zero-order chi connectivity index (χ0) is 56.3. The normalized spacial score (nSPS) is 19.3. The molecule has 0 bridgehead atoms. The van der Waals surface area contributed by atoms with Gasteiger partial charge in [0.25, 0.3) is 0 Å². The van der Waals surface area contributed by atoms with E-state index in [1.807, 2.05) is 58.8 Å². The summed E-state index contributed by atoms with van der Waals surface area (Å²) in [5.41, 5.74) is 15.0. The van der Waals surface area contributed by atoms with Crippen LogP contribution < -0.4 is 10.6 Å². The number of aromatic nitrogens is 4. The van der Waals surface area contributed by atoms with Crippen LogP contribution in [0.1, 0.15) is 128 Å². The number of benzene rings is 6. The first kappa shape index (κ1) is 66.7. The van der Waals surface area contributed by atoms with Gasteiger partial charge < -0.3 is 30.1 Å². The number of hydrogen-bond donors (Lipinski definition) is 4. The molecule has 14 rings (SSSR count). The molecule has 2 aromatic heterocycles. The highest BCUT2D eigenvalue weighted by atomic mass is 35.5. The van der Waals surface area contributed by atoms with Crippen LogP contribution in [0.2, 0.25) is 0 Å². The molecule has 4 atom stereocenters. The fraction of sp³-hybridized carbons (Fsp3) is 0.382. The maximum absolute atomic E-state index is 12.9. The summed E-state index contributed by atoms with van der Waals surface area (Å²) in [7, 11) is 0. The predicted molar refractivity (Wildman–Crippen MR) is 376 cm³/mol. The van der Waals surface area contributed by atoms with Crippen LogP contribution in [0.25, 0.3) is 66.3 Å². The number of nitrogens with zero attached hydrogens (tertiary/aromatic N) is 6. The minimum absolute atomic E-state index is 0. The maximum atomic E-state index is 12.9. The second-order valence-electron chi connectivity index (χ2n) is 25.1. The lowest BCUT2D eigenvalue weighted by atomic mass is 9.96. The number of aliphatic imine (C=N–C) groups is 2. The number of nitrogens with one attached hydrogen (secondary N) is 4. The first-order chi connectivity index (χ1) is 39.6. The molecule has 460 valence electrons. The van der Waals surface area contributed by atoms with Gasteiger partial charge in [0, 0.05) is 54.5 Å². The largest absolute Gasteiger partial charge is 0.444 e. The average Bonchev–Trinajstić information content (AvgIpc) is 2.43. The summed E-state index contributed by atoms with van der Waals surface area (Å²) in [6.07, 6.45) is 13.5. The Morgan fingerprint density at radius 3 is 1.37 bits per heavy atom. The standard InChI is InChI=1S/C39H45N5O4.C29H29N5.ClH.4H2S/c1-38(2,3)47-36(45)43-17-7-9-33(43)31-22-29-21-27(15-16-30(29)41-31)24-11-12-26-20-28(14-13-25(26)19-24)32-23-40-35(42-32)34-10-8-18-44(34)37(46)48-39(4,5)6;1-3-25(30-11-1)27-16-23-15-21(9-10-24(23)33-27)18-5-6-20-14-22(8-7-19(20)13-18)28-17-32-29(34-28)26-4-2-12-31-26;;;;;/h11-16,19-21,23,33-34H,7-10,17-18,22H2,1-6H3,(H,40,42);5-10,13-15,17,25-26,30-31H,1-4,11-12,16H2,(H,32,34);1H;4*1H2/t33-,34-;25-,26-;;;;;/m00...../s1. The Kier molecular flexibility index (Phi) is 21.2. The number of H-pyrrole nitrogens is 2. The van der Waals surface area contributed by atoms with Crippen LogP contribution in [0.15, 0.2) is 132 Å². The smallest absolute Gasteiger partial charge is 0.410 e. The number of ether oxygens (including phenoxy) is 2. The molecular weight excluding hydrogens is 1180 g/mol. The molecule has 4 N–H and O–H groups in total. The number of carbonyl (C=O) groups is 2. The van der Waals surface area contributed by atoms with Crippen molar-refractivity contribution in [3.05, 3.63) is 144 Å². The van der Waals surface area contributed by atoms with Gasteiger partial charge in [-0.15, -0.1) is 12.4 Å². The van der Waals surface area contributed by atoms with Crippen molar-refractivity contribution >= 4 is 123 Å². The first-order valence-corrected chi connectivity index (χ1v) is 29.7. The summed E-state index contributed by atoms with van der Waals surface area (Å²) in [6, 6.07) is 40.4. The number of likely N-dealkylation sites (tertiary alicyclic amines) is 2. The van der Waals surface area contributed by atoms with E-state index in [9.17, 15) is 9.59 Å². The molecule has 6 aliphatic rings. The quantitative estimate of drug-likeness (QED) is 0.117. The molecule has 0 unspecified atom stereocenters. The second kappa shape index (κ2) is 27.6. The molecule has 6 aliphatic heterocycles. The highest BCUT2D eigenvalue weighted by Gasteiger charge is 2.38. The van der Waals surface area contributed by atoms with Gasteiger partial charge in [0.2, 0.25) is 0 Å². The predicted octanol–water partition coefficient (Wildman–Crippen LogP) is 15.6. The van der Waals surface area contributed by atoms with E-state index in [1.54, 1.807) is 4.90 Å². The number of fused-ring (bicyclic) bond motifs is 4. The molecule has 6 aromatic carbocycles. The summed E-state index contributed by atoms with van der Waals surface area (Å²) in [5.74, 6) is 1.84. The lowest BCUT2D eigenvalue weighted by Crippen LogP contribution is -2.43. The first-order valence-electron chi connectivity index (χ1n) is 29.7. The minimum atomic E-state index is -0.538. The maximum Gasteiger partial charge on any atom is 0.410 e. The Hall–Kier alpha value is -6.25. The van der Waals surface area contributed by atoms with E-state index in [0.29, 0.717) is 25.2 Å². The van der Waals surface area contributed by atoms with Gasteiger partial charge in [-0.1, -0.05) is 60.7 Å². The van der Waals surface area contributed by atoms with Crippen molar-refractivity contribution in [3.8, 4) is 44.8 Å². The van der Waals surface area contributed by atoms with E-state index >= 15 is 0 Å². The average molecular weight is 1270 g/mol. The number of halogens is 1. The molecule has 2 amide bonds. The zero-order valence-corrected chi connectivity index (χ0v) is 55.3. The third kappa shape index (κ3) is 14.6. The van der Waals surface area contributed by atoms with E-state index in [0.717, 1.165) is 126 Å². The second-order valence-corrected chi connectivity index (χ2v) is 25.1. The highest BCUT2D eigenvalue weighted by Crippen LogP contribution is 2.39. The Bertz CT molecular complexity index is 3840. The number of hydrogen-bond acceptors (Lipinski definition) is 10. The van der Waals surface area contributed by atoms with Gasteiger partial charge in [0.05, 0.1) is 53.3 Å². The van der Waals surface area contributed by atoms with Crippen molar-refractivity contribution in [1.29, 1.82) is 0 Å². The van der Waals surface area contributed by atoms with E-state index in [4.69, 9.17) is 19.5 Å². The topological polar surface area (TPSA) is 165 Å². The van der Waals surface area contributed by atoms with Gasteiger partial charge in [-0.05, 0) is 209 Å². The molecule has 87 heavy (non-hydrogen) atoms. The Labute approximate surface area is 545 Å². The summed E-state index contributed by atoms with van der Waals surface area (Å²) in [4.78, 5) is 55.6. The summed E-state index contributed by atoms with van der Waals surface area (Å²) in [6.45, 7) is 14.9.